The van der Waals surface area contributed by atoms with Gasteiger partial charge in [-0.05, 0) is 60.7 Å². The molecule has 4 N–H and O–H groups in total. The first-order valence-electron chi connectivity index (χ1n) is 17.1. The number of anilines is 1. The number of aliphatic hydroxyl groups excluding tert-OH is 1. The van der Waals surface area contributed by atoms with Gasteiger partial charge in [0.1, 0.15) is 23.0 Å². The molecule has 1 saturated heterocycles. The van der Waals surface area contributed by atoms with Crippen LogP contribution in [0, 0.1) is 18.3 Å². The van der Waals surface area contributed by atoms with E-state index < -0.39 is 5.91 Å². The van der Waals surface area contributed by atoms with E-state index in [0.717, 1.165) is 40.9 Å². The standard InChI is InChI=1S/C39H38ClN7O5/c1-21-29(6-4-7-30(21)39-46-33-11-23(10-24(15-41)37(33)52-39)18-47-19-27(20-47)44-22(2)48)31-8-5-9-32(36(31)40)45-38(50)34-14-35(51-3)25(17-43-34)16-42-26-12-28(49)13-26/h4-11,14,17,26-28,42,49H,12-13,16,18-20H2,1-3H3,(H,44,48)(H,45,50). The number of benzene rings is 3. The summed E-state index contributed by atoms with van der Waals surface area (Å²) in [6, 6.07) is 19.2. The third-order valence-electron chi connectivity index (χ3n) is 9.63. The lowest BCUT2D eigenvalue weighted by Gasteiger charge is -2.39. The fourth-order valence-corrected chi connectivity index (χ4v) is 7.09. The summed E-state index contributed by atoms with van der Waals surface area (Å²) >= 11 is 6.96. The molecule has 52 heavy (non-hydrogen) atoms. The molecule has 266 valence electrons. The molecule has 5 aromatic rings. The van der Waals surface area contributed by atoms with Crippen LogP contribution in [0.3, 0.4) is 0 Å². The summed E-state index contributed by atoms with van der Waals surface area (Å²) < 4.78 is 11.8. The Bertz CT molecular complexity index is 2220. The maximum Gasteiger partial charge on any atom is 0.274 e. The third kappa shape index (κ3) is 7.22. The Labute approximate surface area is 305 Å². The summed E-state index contributed by atoms with van der Waals surface area (Å²) in [5.41, 5.74) is 6.87. The minimum absolute atomic E-state index is 0.0403. The van der Waals surface area contributed by atoms with Crippen LogP contribution in [0.4, 0.5) is 5.69 Å². The molecule has 0 bridgehead atoms. The molecule has 2 aromatic heterocycles. The van der Waals surface area contributed by atoms with Crippen molar-refractivity contribution < 1.29 is 23.8 Å². The number of nitriles is 1. The van der Waals surface area contributed by atoms with Gasteiger partial charge in [-0.25, -0.2) is 4.98 Å². The molecule has 2 aliphatic rings. The Morgan fingerprint density at radius 1 is 1.10 bits per heavy atom. The fraction of sp³-hybridized carbons (Fsp3) is 0.308. The maximum atomic E-state index is 13.4. The molecule has 3 aromatic carbocycles. The Morgan fingerprint density at radius 3 is 2.58 bits per heavy atom. The number of ether oxygens (including phenoxy) is 1. The molecule has 3 heterocycles. The van der Waals surface area contributed by atoms with E-state index in [0.29, 0.717) is 70.5 Å². The topological polar surface area (TPSA) is 166 Å². The van der Waals surface area contributed by atoms with Gasteiger partial charge in [0.15, 0.2) is 5.58 Å². The van der Waals surface area contributed by atoms with Crippen LogP contribution in [0.25, 0.3) is 33.7 Å². The van der Waals surface area contributed by atoms with Gasteiger partial charge in [-0.15, -0.1) is 0 Å². The van der Waals surface area contributed by atoms with Gasteiger partial charge in [0, 0.05) is 68.1 Å². The summed E-state index contributed by atoms with van der Waals surface area (Å²) in [7, 11) is 1.55. The zero-order valence-electron chi connectivity index (χ0n) is 29.0. The van der Waals surface area contributed by atoms with E-state index in [1.165, 1.54) is 6.92 Å². The molecule has 7 rings (SSSR count). The highest BCUT2D eigenvalue weighted by Crippen LogP contribution is 2.39. The largest absolute Gasteiger partial charge is 0.496 e. The minimum atomic E-state index is -0.440. The number of amides is 2. The second kappa shape index (κ2) is 14.7. The Hall–Kier alpha value is -5.32. The summed E-state index contributed by atoms with van der Waals surface area (Å²) in [5, 5.41) is 29.1. The molecule has 13 heteroatoms. The summed E-state index contributed by atoms with van der Waals surface area (Å²) in [4.78, 5) is 36.1. The average molecular weight is 720 g/mol. The Kier molecular flexibility index (Phi) is 9.94. The van der Waals surface area contributed by atoms with E-state index >= 15 is 0 Å². The first-order chi connectivity index (χ1) is 25.1. The fourth-order valence-electron chi connectivity index (χ4n) is 6.82. The number of nitrogens with one attached hydrogen (secondary N) is 3. The van der Waals surface area contributed by atoms with Gasteiger partial charge < -0.3 is 30.2 Å². The number of oxazole rings is 1. The van der Waals surface area contributed by atoms with Gasteiger partial charge in [-0.1, -0.05) is 35.9 Å². The van der Waals surface area contributed by atoms with Crippen LogP contribution >= 0.6 is 11.6 Å². The minimum Gasteiger partial charge on any atom is -0.496 e. The van der Waals surface area contributed by atoms with Crippen molar-refractivity contribution >= 4 is 40.2 Å². The van der Waals surface area contributed by atoms with Gasteiger partial charge in [0.05, 0.1) is 35.5 Å². The van der Waals surface area contributed by atoms with Crippen LogP contribution in [0.2, 0.25) is 5.02 Å². The van der Waals surface area contributed by atoms with Crippen molar-refractivity contribution in [2.24, 2.45) is 0 Å². The van der Waals surface area contributed by atoms with E-state index in [4.69, 9.17) is 25.7 Å². The van der Waals surface area contributed by atoms with Crippen molar-refractivity contribution in [3.05, 3.63) is 93.8 Å². The number of fused-ring (bicyclic) bond motifs is 1. The SMILES string of the molecule is COc1cc(C(=O)Nc2cccc(-c3cccc(-c4nc5cc(CN6CC(NC(C)=O)C6)cc(C#N)c5o4)c3C)c2Cl)ncc1CNC1CC(O)C1. The molecule has 2 fully saturated rings. The summed E-state index contributed by atoms with van der Waals surface area (Å²) in [5.74, 6) is 0.430. The number of nitrogens with zero attached hydrogens (tertiary/aromatic N) is 4. The van der Waals surface area contributed by atoms with Gasteiger partial charge in [0.2, 0.25) is 11.8 Å². The normalized spacial score (nSPS) is 17.2. The molecule has 0 atom stereocenters. The van der Waals surface area contributed by atoms with Crippen molar-refractivity contribution in [3.63, 3.8) is 0 Å². The molecule has 1 saturated carbocycles. The van der Waals surface area contributed by atoms with E-state index in [2.05, 4.69) is 31.9 Å². The van der Waals surface area contributed by atoms with Gasteiger partial charge >= 0.3 is 0 Å². The molecule has 0 spiro atoms. The lowest BCUT2D eigenvalue weighted by Crippen LogP contribution is -2.58. The summed E-state index contributed by atoms with van der Waals surface area (Å²) in [6.45, 7) is 6.09. The van der Waals surface area contributed by atoms with Crippen LogP contribution < -0.4 is 20.7 Å². The predicted octanol–water partition coefficient (Wildman–Crippen LogP) is 5.58. The monoisotopic (exact) mass is 719 g/mol. The van der Waals surface area contributed by atoms with Crippen LogP contribution in [-0.4, -0.2) is 70.2 Å². The number of pyridine rings is 1. The number of carbonyl (C=O) groups is 2. The van der Waals surface area contributed by atoms with Crippen molar-refractivity contribution in [3.8, 4) is 34.4 Å². The average Bonchev–Trinajstić information content (AvgIpc) is 3.53. The smallest absolute Gasteiger partial charge is 0.274 e. The van der Waals surface area contributed by atoms with Crippen LogP contribution in [0.5, 0.6) is 5.75 Å². The van der Waals surface area contributed by atoms with Gasteiger partial charge in [-0.3, -0.25) is 19.5 Å². The number of aromatic nitrogens is 2. The predicted molar refractivity (Wildman–Crippen MR) is 197 cm³/mol. The number of methoxy groups -OCH3 is 1. The number of likely N-dealkylation sites (tertiary alicyclic amines) is 1. The van der Waals surface area contributed by atoms with Crippen LogP contribution in [-0.2, 0) is 17.9 Å². The first-order valence-corrected chi connectivity index (χ1v) is 17.5. The zero-order valence-corrected chi connectivity index (χ0v) is 29.8. The van der Waals surface area contributed by atoms with Crippen molar-refractivity contribution in [1.29, 1.82) is 5.26 Å². The van der Waals surface area contributed by atoms with Gasteiger partial charge in [-0.2, -0.15) is 5.26 Å². The zero-order chi connectivity index (χ0) is 36.5. The van der Waals surface area contributed by atoms with Crippen molar-refractivity contribution in [2.45, 2.75) is 58.0 Å². The maximum absolute atomic E-state index is 13.4. The molecule has 2 amide bonds. The molecule has 0 unspecified atom stereocenters. The van der Waals surface area contributed by atoms with E-state index in [1.807, 2.05) is 49.4 Å². The highest BCUT2D eigenvalue weighted by molar-refractivity contribution is 6.36. The van der Waals surface area contributed by atoms with E-state index in [1.54, 1.807) is 25.4 Å². The Morgan fingerprint density at radius 2 is 1.85 bits per heavy atom. The highest BCUT2D eigenvalue weighted by atomic mass is 35.5. The number of aliphatic hydroxyl groups is 1. The number of carbonyl (C=O) groups excluding carboxylic acids is 2. The quantitative estimate of drug-likeness (QED) is 0.135. The highest BCUT2D eigenvalue weighted by Gasteiger charge is 2.28. The lowest BCUT2D eigenvalue weighted by molar-refractivity contribution is -0.120. The Balaban J connectivity index is 1.10. The molecule has 1 aliphatic heterocycles. The molecule has 12 nitrogen and oxygen atoms in total. The number of hydrogen-bond donors (Lipinski definition) is 4. The van der Waals surface area contributed by atoms with Crippen molar-refractivity contribution in [1.82, 2.24) is 25.5 Å². The van der Waals surface area contributed by atoms with Gasteiger partial charge in [0.25, 0.3) is 5.91 Å². The molecule has 1 aliphatic carbocycles. The second-order valence-electron chi connectivity index (χ2n) is 13.4. The van der Waals surface area contributed by atoms with Crippen LogP contribution in [0.15, 0.2) is 65.2 Å². The lowest BCUT2D eigenvalue weighted by atomic mass is 9.89. The first kappa shape index (κ1) is 35.1. The summed E-state index contributed by atoms with van der Waals surface area (Å²) in [6.07, 6.45) is 2.79. The second-order valence-corrected chi connectivity index (χ2v) is 13.8. The number of halogens is 1. The van der Waals surface area contributed by atoms with E-state index in [9.17, 15) is 20.0 Å². The number of hydrogen-bond acceptors (Lipinski definition) is 10. The third-order valence-corrected chi connectivity index (χ3v) is 10.0. The van der Waals surface area contributed by atoms with Crippen LogP contribution in [0.1, 0.15) is 52.5 Å². The van der Waals surface area contributed by atoms with Crippen molar-refractivity contribution in [2.75, 3.05) is 25.5 Å². The number of rotatable bonds is 11. The molecule has 0 radical (unpaired) electrons. The molecular formula is C39H38ClN7O5. The molecular weight excluding hydrogens is 682 g/mol. The van der Waals surface area contributed by atoms with E-state index in [-0.39, 0.29) is 29.8 Å².